The Bertz CT molecular complexity index is 793. The number of hydrogen-bond acceptors (Lipinski definition) is 5. The molecule has 0 aliphatic heterocycles. The van der Waals surface area contributed by atoms with Crippen LogP contribution in [0.5, 0.6) is 0 Å². The SMILES string of the molecule is C=C(OC(=C)OC(C)(C)CC)OC(C)(C)CC.Cn1c(CO)nc2ccccc21. The predicted octanol–water partition coefficient (Wildman–Crippen LogP) is 5.42. The van der Waals surface area contributed by atoms with E-state index in [1.165, 1.54) is 0 Å². The number of para-hydroxylation sites is 2. The van der Waals surface area contributed by atoms with Crippen LogP contribution in [-0.2, 0) is 27.9 Å². The summed E-state index contributed by atoms with van der Waals surface area (Å²) < 4.78 is 18.3. The van der Waals surface area contributed by atoms with Gasteiger partial charge in [0, 0.05) is 7.05 Å². The van der Waals surface area contributed by atoms with Crippen LogP contribution in [0, 0.1) is 0 Å². The van der Waals surface area contributed by atoms with Gasteiger partial charge in [-0.2, -0.15) is 0 Å². The second kappa shape index (κ2) is 10.3. The molecule has 1 aromatic carbocycles. The Morgan fingerprint density at radius 1 is 1.00 bits per heavy atom. The summed E-state index contributed by atoms with van der Waals surface area (Å²) in [6.07, 6.45) is 1.73. The molecular formula is C23H36N2O4. The number of nitrogens with zero attached hydrogens (tertiary/aromatic N) is 2. The highest BCUT2D eigenvalue weighted by Crippen LogP contribution is 2.23. The first-order valence-electron chi connectivity index (χ1n) is 9.89. The standard InChI is InChI=1S/C14H26O3.C9H10N2O/c1-9-13(5,6)16-11(3)15-12(4)17-14(7,8)10-2;1-11-8-5-3-2-4-7(8)10-9(11)6-12/h3-4,9-10H2,1-2,5-8H3;2-5,12H,6H2,1H3. The minimum absolute atomic E-state index is 0.00875. The molecule has 0 aliphatic rings. The van der Waals surface area contributed by atoms with Gasteiger partial charge in [-0.3, -0.25) is 0 Å². The van der Waals surface area contributed by atoms with Gasteiger partial charge in [0.1, 0.15) is 23.6 Å². The minimum Gasteiger partial charge on any atom is -0.460 e. The van der Waals surface area contributed by atoms with Gasteiger partial charge in [0.2, 0.25) is 0 Å². The number of rotatable bonds is 9. The highest BCUT2D eigenvalue weighted by atomic mass is 16.8. The van der Waals surface area contributed by atoms with E-state index in [1.807, 2.05) is 77.4 Å². The normalized spacial score (nSPS) is 11.4. The minimum atomic E-state index is -0.294. The molecule has 0 unspecified atom stereocenters. The Kier molecular flexibility index (Phi) is 8.77. The van der Waals surface area contributed by atoms with Gasteiger partial charge < -0.3 is 23.9 Å². The van der Waals surface area contributed by atoms with E-state index in [0.717, 1.165) is 23.9 Å². The van der Waals surface area contributed by atoms with Crippen molar-refractivity contribution in [1.82, 2.24) is 9.55 Å². The summed E-state index contributed by atoms with van der Waals surface area (Å²) in [6, 6.07) is 7.83. The first-order valence-corrected chi connectivity index (χ1v) is 9.89. The second-order valence-electron chi connectivity index (χ2n) is 8.01. The maximum atomic E-state index is 8.94. The second-order valence-corrected chi connectivity index (χ2v) is 8.01. The molecule has 162 valence electrons. The van der Waals surface area contributed by atoms with E-state index in [-0.39, 0.29) is 29.7 Å². The van der Waals surface area contributed by atoms with Crippen molar-refractivity contribution in [2.75, 3.05) is 0 Å². The molecule has 29 heavy (non-hydrogen) atoms. The Morgan fingerprint density at radius 3 is 1.90 bits per heavy atom. The maximum Gasteiger partial charge on any atom is 0.280 e. The van der Waals surface area contributed by atoms with Gasteiger partial charge in [-0.05, 0) is 65.8 Å². The Hall–Kier alpha value is -2.47. The molecule has 1 aromatic heterocycles. The molecule has 6 heteroatoms. The first kappa shape index (κ1) is 24.6. The quantitative estimate of drug-likeness (QED) is 0.565. The summed E-state index contributed by atoms with van der Waals surface area (Å²) in [5, 5.41) is 8.94. The van der Waals surface area contributed by atoms with Crippen molar-refractivity contribution in [3.8, 4) is 0 Å². The van der Waals surface area contributed by atoms with Crippen molar-refractivity contribution < 1.29 is 19.3 Å². The van der Waals surface area contributed by atoms with Gasteiger partial charge in [-0.1, -0.05) is 26.0 Å². The highest BCUT2D eigenvalue weighted by Gasteiger charge is 2.21. The number of aromatic nitrogens is 2. The number of aryl methyl sites for hydroxylation is 1. The van der Waals surface area contributed by atoms with Crippen molar-refractivity contribution in [2.45, 2.75) is 72.2 Å². The lowest BCUT2D eigenvalue weighted by Gasteiger charge is -2.28. The summed E-state index contributed by atoms with van der Waals surface area (Å²) in [5.41, 5.74) is 1.40. The van der Waals surface area contributed by atoms with E-state index in [1.54, 1.807) is 0 Å². The predicted molar refractivity (Wildman–Crippen MR) is 117 cm³/mol. The molecule has 0 radical (unpaired) electrons. The van der Waals surface area contributed by atoms with Crippen LogP contribution in [0.15, 0.2) is 49.3 Å². The van der Waals surface area contributed by atoms with Crippen molar-refractivity contribution in [1.29, 1.82) is 0 Å². The molecule has 0 bridgehead atoms. The van der Waals surface area contributed by atoms with E-state index in [0.29, 0.717) is 5.82 Å². The lowest BCUT2D eigenvalue weighted by molar-refractivity contribution is -0.0960. The Morgan fingerprint density at radius 2 is 1.48 bits per heavy atom. The van der Waals surface area contributed by atoms with Crippen LogP contribution < -0.4 is 0 Å². The molecule has 0 saturated heterocycles. The lowest BCUT2D eigenvalue weighted by Crippen LogP contribution is -2.25. The van der Waals surface area contributed by atoms with Crippen LogP contribution in [0.4, 0.5) is 0 Å². The van der Waals surface area contributed by atoms with Crippen LogP contribution >= 0.6 is 0 Å². The van der Waals surface area contributed by atoms with Crippen LogP contribution in [-0.4, -0.2) is 25.9 Å². The van der Waals surface area contributed by atoms with E-state index < -0.39 is 0 Å². The summed E-state index contributed by atoms with van der Waals surface area (Å²) in [6.45, 7) is 19.4. The van der Waals surface area contributed by atoms with Gasteiger partial charge in [-0.25, -0.2) is 4.98 Å². The number of aliphatic hydroxyl groups excluding tert-OH is 1. The fraction of sp³-hybridized carbons (Fsp3) is 0.522. The molecule has 0 spiro atoms. The summed E-state index contributed by atoms with van der Waals surface area (Å²) >= 11 is 0. The number of fused-ring (bicyclic) bond motifs is 1. The van der Waals surface area contributed by atoms with Gasteiger partial charge >= 0.3 is 0 Å². The Balaban J connectivity index is 0.000000304. The van der Waals surface area contributed by atoms with Crippen LogP contribution in [0.2, 0.25) is 0 Å². The monoisotopic (exact) mass is 404 g/mol. The molecule has 2 rings (SSSR count). The molecule has 2 aromatic rings. The van der Waals surface area contributed by atoms with E-state index in [4.69, 9.17) is 19.3 Å². The summed E-state index contributed by atoms with van der Waals surface area (Å²) in [7, 11) is 1.90. The molecular weight excluding hydrogens is 368 g/mol. The molecule has 0 aliphatic carbocycles. The number of benzene rings is 1. The van der Waals surface area contributed by atoms with E-state index in [2.05, 4.69) is 18.1 Å². The van der Waals surface area contributed by atoms with Crippen molar-refractivity contribution in [3.63, 3.8) is 0 Å². The average Bonchev–Trinajstić information content (AvgIpc) is 2.97. The topological polar surface area (TPSA) is 65.7 Å². The van der Waals surface area contributed by atoms with Crippen LogP contribution in [0.25, 0.3) is 11.0 Å². The molecule has 0 amide bonds. The first-order chi connectivity index (χ1) is 13.4. The van der Waals surface area contributed by atoms with Gasteiger partial charge in [-0.15, -0.1) is 0 Å². The third-order valence-corrected chi connectivity index (χ3v) is 4.73. The zero-order chi connectivity index (χ0) is 22.2. The fourth-order valence-corrected chi connectivity index (χ4v) is 2.27. The molecule has 0 atom stereocenters. The number of ether oxygens (including phenoxy) is 3. The summed E-state index contributed by atoms with van der Waals surface area (Å²) in [4.78, 5) is 4.24. The molecule has 1 N–H and O–H groups in total. The number of aliphatic hydroxyl groups is 1. The zero-order valence-electron chi connectivity index (χ0n) is 18.9. The number of hydrogen-bond donors (Lipinski definition) is 1. The Labute approximate surface area is 174 Å². The average molecular weight is 405 g/mol. The highest BCUT2D eigenvalue weighted by molar-refractivity contribution is 5.75. The largest absolute Gasteiger partial charge is 0.460 e. The maximum absolute atomic E-state index is 8.94. The van der Waals surface area contributed by atoms with E-state index in [9.17, 15) is 0 Å². The van der Waals surface area contributed by atoms with Crippen molar-refractivity contribution >= 4 is 11.0 Å². The third kappa shape index (κ3) is 7.81. The fourth-order valence-electron chi connectivity index (χ4n) is 2.27. The smallest absolute Gasteiger partial charge is 0.280 e. The zero-order valence-corrected chi connectivity index (χ0v) is 18.9. The molecule has 0 fully saturated rings. The lowest BCUT2D eigenvalue weighted by atomic mass is 10.1. The number of imidazole rings is 1. The van der Waals surface area contributed by atoms with Crippen molar-refractivity contribution in [3.05, 3.63) is 55.1 Å². The third-order valence-electron chi connectivity index (χ3n) is 4.73. The molecule has 0 saturated carbocycles. The van der Waals surface area contributed by atoms with Crippen molar-refractivity contribution in [2.24, 2.45) is 7.05 Å². The molecule has 6 nitrogen and oxygen atoms in total. The van der Waals surface area contributed by atoms with E-state index >= 15 is 0 Å². The van der Waals surface area contributed by atoms with Crippen LogP contribution in [0.3, 0.4) is 0 Å². The summed E-state index contributed by atoms with van der Waals surface area (Å²) in [5.74, 6) is 1.14. The van der Waals surface area contributed by atoms with Gasteiger partial charge in [0.05, 0.1) is 11.0 Å². The van der Waals surface area contributed by atoms with Gasteiger partial charge in [0.25, 0.3) is 11.9 Å². The molecule has 1 heterocycles. The van der Waals surface area contributed by atoms with Crippen LogP contribution in [0.1, 0.15) is 60.2 Å². The van der Waals surface area contributed by atoms with Gasteiger partial charge in [0.15, 0.2) is 0 Å².